The van der Waals surface area contributed by atoms with Crippen molar-refractivity contribution in [1.82, 2.24) is 29.8 Å². The van der Waals surface area contributed by atoms with Crippen LogP contribution in [0.25, 0.3) is 15.9 Å². The monoisotopic (exact) mass is 410 g/mol. The Hall–Kier alpha value is -3.34. The van der Waals surface area contributed by atoms with Gasteiger partial charge in [-0.15, -0.1) is 26.6 Å². The molecular weight excluding hydrogens is 392 g/mol. The van der Waals surface area contributed by atoms with Crippen LogP contribution in [0.2, 0.25) is 0 Å². The number of carbonyl (C=O) groups is 1. The van der Waals surface area contributed by atoms with Crippen molar-refractivity contribution in [3.8, 4) is 0 Å². The topological polar surface area (TPSA) is 102 Å². The van der Waals surface area contributed by atoms with Gasteiger partial charge in [0.2, 0.25) is 5.82 Å². The van der Waals surface area contributed by atoms with Crippen LogP contribution >= 0.6 is 11.3 Å². The van der Waals surface area contributed by atoms with E-state index in [1.807, 2.05) is 23.6 Å². The third kappa shape index (κ3) is 3.03. The Labute approximate surface area is 169 Å². The number of methoxy groups -OCH3 is 1. The van der Waals surface area contributed by atoms with Crippen LogP contribution in [-0.4, -0.2) is 68.5 Å². The summed E-state index contributed by atoms with van der Waals surface area (Å²) in [6.45, 7) is 4.41. The average molecular weight is 410 g/mol. The van der Waals surface area contributed by atoms with Gasteiger partial charge >= 0.3 is 5.97 Å². The third-order valence-electron chi connectivity index (χ3n) is 5.02. The van der Waals surface area contributed by atoms with Gasteiger partial charge in [0, 0.05) is 25.7 Å². The molecule has 4 aromatic rings. The fourth-order valence-corrected chi connectivity index (χ4v) is 4.45. The van der Waals surface area contributed by atoms with E-state index >= 15 is 0 Å². The average Bonchev–Trinajstić information content (AvgIpc) is 3.40. The van der Waals surface area contributed by atoms with Gasteiger partial charge in [-0.3, -0.25) is 0 Å². The van der Waals surface area contributed by atoms with Gasteiger partial charge < -0.3 is 14.5 Å². The predicted molar refractivity (Wildman–Crippen MR) is 109 cm³/mol. The van der Waals surface area contributed by atoms with E-state index in [1.165, 1.54) is 7.11 Å². The Bertz CT molecular complexity index is 1200. The molecule has 1 fully saturated rings. The van der Waals surface area contributed by atoms with Crippen LogP contribution in [0.4, 0.5) is 11.6 Å². The molecule has 1 saturated heterocycles. The maximum Gasteiger partial charge on any atom is 0.376 e. The van der Waals surface area contributed by atoms with E-state index in [-0.39, 0.29) is 11.9 Å². The number of thiophene rings is 1. The van der Waals surface area contributed by atoms with Gasteiger partial charge in [0.1, 0.15) is 12.1 Å². The van der Waals surface area contributed by atoms with Crippen LogP contribution in [0.1, 0.15) is 17.5 Å². The predicted octanol–water partition coefficient (Wildman–Crippen LogP) is 1.63. The van der Waals surface area contributed by atoms with E-state index in [4.69, 9.17) is 4.74 Å². The first-order valence-electron chi connectivity index (χ1n) is 9.16. The summed E-state index contributed by atoms with van der Waals surface area (Å²) in [7, 11) is 1.34. The van der Waals surface area contributed by atoms with Crippen molar-refractivity contribution in [2.24, 2.45) is 0 Å². The Morgan fingerprint density at radius 3 is 2.97 bits per heavy atom. The molecule has 0 N–H and O–H groups in total. The number of piperazine rings is 1. The van der Waals surface area contributed by atoms with Crippen molar-refractivity contribution in [3.05, 3.63) is 35.7 Å². The minimum absolute atomic E-state index is 0.0863. The van der Waals surface area contributed by atoms with E-state index in [0.717, 1.165) is 47.1 Å². The molecule has 0 aromatic carbocycles. The van der Waals surface area contributed by atoms with Crippen LogP contribution in [0, 0.1) is 0 Å². The lowest BCUT2D eigenvalue weighted by molar-refractivity contribution is 0.0587. The summed E-state index contributed by atoms with van der Waals surface area (Å²) in [6.07, 6.45) is 1.60. The summed E-state index contributed by atoms with van der Waals surface area (Å²) in [5.41, 5.74) is 1.48. The fraction of sp³-hybridized carbons (Fsp3) is 0.333. The molecule has 1 aliphatic rings. The zero-order valence-electron chi connectivity index (χ0n) is 15.9. The molecule has 0 amide bonds. The van der Waals surface area contributed by atoms with Crippen LogP contribution in [-0.2, 0) is 4.74 Å². The highest BCUT2D eigenvalue weighted by Gasteiger charge is 2.28. The minimum atomic E-state index is -0.530. The third-order valence-corrected chi connectivity index (χ3v) is 5.92. The zero-order chi connectivity index (χ0) is 20.0. The lowest BCUT2D eigenvalue weighted by atomic mass is 10.2. The van der Waals surface area contributed by atoms with Crippen molar-refractivity contribution in [2.75, 3.05) is 36.5 Å². The molecule has 0 saturated carbocycles. The molecule has 1 aliphatic heterocycles. The molecule has 0 bridgehead atoms. The standard InChI is InChI=1S/C18H18N8O2S/c1-11-9-24(6-7-25(11)14-4-3-13-22-19-10-26(13)23-14)17-15-12(5-8-29-15)20-16(21-17)18(27)28-2/h3-5,8,10-11H,6-7,9H2,1-2H3. The Morgan fingerprint density at radius 2 is 2.14 bits per heavy atom. The fourth-order valence-electron chi connectivity index (χ4n) is 3.61. The summed E-state index contributed by atoms with van der Waals surface area (Å²) in [4.78, 5) is 25.3. The lowest BCUT2D eigenvalue weighted by Gasteiger charge is -2.41. The number of ether oxygens (including phenoxy) is 1. The van der Waals surface area contributed by atoms with Crippen LogP contribution < -0.4 is 9.80 Å². The van der Waals surface area contributed by atoms with Gasteiger partial charge in [-0.1, -0.05) is 0 Å². The van der Waals surface area contributed by atoms with Crippen molar-refractivity contribution < 1.29 is 9.53 Å². The summed E-state index contributed by atoms with van der Waals surface area (Å²) in [5.74, 6) is 1.21. The van der Waals surface area contributed by atoms with Gasteiger partial charge in [0.25, 0.3) is 0 Å². The molecule has 0 spiro atoms. The molecule has 11 heteroatoms. The van der Waals surface area contributed by atoms with Crippen LogP contribution in [0.15, 0.2) is 29.9 Å². The van der Waals surface area contributed by atoms with E-state index in [9.17, 15) is 4.79 Å². The van der Waals surface area contributed by atoms with Crippen LogP contribution in [0.3, 0.4) is 0 Å². The van der Waals surface area contributed by atoms with Crippen molar-refractivity contribution in [2.45, 2.75) is 13.0 Å². The van der Waals surface area contributed by atoms with Crippen molar-refractivity contribution >= 4 is 44.8 Å². The molecule has 29 heavy (non-hydrogen) atoms. The largest absolute Gasteiger partial charge is 0.463 e. The molecule has 5 heterocycles. The highest BCUT2D eigenvalue weighted by molar-refractivity contribution is 7.17. The normalized spacial score (nSPS) is 17.2. The van der Waals surface area contributed by atoms with E-state index in [1.54, 1.807) is 22.2 Å². The molecule has 4 aromatic heterocycles. The number of nitrogens with zero attached hydrogens (tertiary/aromatic N) is 8. The van der Waals surface area contributed by atoms with Gasteiger partial charge in [0.05, 0.1) is 17.3 Å². The minimum Gasteiger partial charge on any atom is -0.463 e. The van der Waals surface area contributed by atoms with Gasteiger partial charge in [-0.2, -0.15) is 4.52 Å². The number of hydrogen-bond acceptors (Lipinski definition) is 10. The first-order chi connectivity index (χ1) is 14.1. The molecule has 10 nitrogen and oxygen atoms in total. The van der Waals surface area contributed by atoms with Gasteiger partial charge in [0.15, 0.2) is 11.5 Å². The highest BCUT2D eigenvalue weighted by atomic mass is 32.1. The smallest absolute Gasteiger partial charge is 0.376 e. The summed E-state index contributed by atoms with van der Waals surface area (Å²) < 4.78 is 7.47. The highest BCUT2D eigenvalue weighted by Crippen LogP contribution is 2.31. The first kappa shape index (κ1) is 17.7. The Morgan fingerprint density at radius 1 is 1.24 bits per heavy atom. The number of rotatable bonds is 3. The Balaban J connectivity index is 1.44. The van der Waals surface area contributed by atoms with Gasteiger partial charge in [-0.25, -0.2) is 14.8 Å². The molecule has 0 radical (unpaired) electrons. The number of anilines is 2. The zero-order valence-corrected chi connectivity index (χ0v) is 16.7. The summed E-state index contributed by atoms with van der Waals surface area (Å²) in [5, 5.41) is 14.5. The molecule has 1 atom stereocenters. The second-order valence-corrected chi connectivity index (χ2v) is 7.73. The van der Waals surface area contributed by atoms with Crippen molar-refractivity contribution in [1.29, 1.82) is 0 Å². The molecular formula is C18H18N8O2S. The maximum absolute atomic E-state index is 12.0. The second-order valence-electron chi connectivity index (χ2n) is 6.81. The quantitative estimate of drug-likeness (QED) is 0.466. The lowest BCUT2D eigenvalue weighted by Crippen LogP contribution is -2.52. The number of esters is 1. The van der Waals surface area contributed by atoms with Gasteiger partial charge in [-0.05, 0) is 30.5 Å². The maximum atomic E-state index is 12.0. The summed E-state index contributed by atoms with van der Waals surface area (Å²) in [6, 6.07) is 5.97. The molecule has 0 aliphatic carbocycles. The second kappa shape index (κ2) is 6.92. The molecule has 1 unspecified atom stereocenters. The number of fused-ring (bicyclic) bond motifs is 2. The van der Waals surface area contributed by atoms with Crippen molar-refractivity contribution in [3.63, 3.8) is 0 Å². The number of hydrogen-bond donors (Lipinski definition) is 0. The first-order valence-corrected chi connectivity index (χ1v) is 10.0. The number of carbonyl (C=O) groups excluding carboxylic acids is 1. The Kier molecular flexibility index (Phi) is 4.23. The molecule has 148 valence electrons. The summed E-state index contributed by atoms with van der Waals surface area (Å²) >= 11 is 1.57. The van der Waals surface area contributed by atoms with E-state index < -0.39 is 5.97 Å². The van der Waals surface area contributed by atoms with Crippen LogP contribution in [0.5, 0.6) is 0 Å². The molecule has 5 rings (SSSR count). The SMILES string of the molecule is COC(=O)c1nc(N2CCN(c3ccc4nncn4n3)C(C)C2)c2sccc2n1. The number of aromatic nitrogens is 6. The van der Waals surface area contributed by atoms with E-state index in [2.05, 4.69) is 42.0 Å². The van der Waals surface area contributed by atoms with E-state index in [0.29, 0.717) is 0 Å².